The molecular weight excluding hydrogens is 322 g/mol. The number of fused-ring (bicyclic) bond motifs is 1. The van der Waals surface area contributed by atoms with Crippen LogP contribution in [0, 0.1) is 0 Å². The Labute approximate surface area is 126 Å². The van der Waals surface area contributed by atoms with Crippen molar-refractivity contribution in [1.82, 2.24) is 4.90 Å². The Morgan fingerprint density at radius 1 is 1.45 bits per heavy atom. The predicted octanol–water partition coefficient (Wildman–Crippen LogP) is 4.05. The number of nitrogens with zero attached hydrogens (tertiary/aromatic N) is 1. The number of benzene rings is 1. The highest BCUT2D eigenvalue weighted by Gasteiger charge is 2.21. The van der Waals surface area contributed by atoms with Gasteiger partial charge in [-0.2, -0.15) is 0 Å². The van der Waals surface area contributed by atoms with Crippen molar-refractivity contribution < 1.29 is 14.3 Å². The molecule has 0 spiro atoms. The molecule has 0 radical (unpaired) electrons. The van der Waals surface area contributed by atoms with E-state index in [9.17, 15) is 4.79 Å². The molecule has 0 aliphatic heterocycles. The summed E-state index contributed by atoms with van der Waals surface area (Å²) in [6.07, 6.45) is 0.906. The first-order valence-electron chi connectivity index (χ1n) is 6.66. The van der Waals surface area contributed by atoms with Gasteiger partial charge in [-0.05, 0) is 44.2 Å². The lowest BCUT2D eigenvalue weighted by Crippen LogP contribution is -2.32. The first kappa shape index (κ1) is 15.1. The first-order valence-corrected chi connectivity index (χ1v) is 7.45. The van der Waals surface area contributed by atoms with Gasteiger partial charge in [-0.3, -0.25) is 9.69 Å². The predicted molar refractivity (Wildman–Crippen MR) is 81.8 cm³/mol. The second-order valence-electron chi connectivity index (χ2n) is 4.87. The van der Waals surface area contributed by atoms with E-state index in [0.29, 0.717) is 0 Å². The lowest BCUT2D eigenvalue weighted by molar-refractivity contribution is -0.139. The molecule has 1 atom stereocenters. The third-order valence-corrected chi connectivity index (χ3v) is 3.80. The average Bonchev–Trinajstić information content (AvgIpc) is 2.79. The molecule has 1 heterocycles. The van der Waals surface area contributed by atoms with Gasteiger partial charge < -0.3 is 9.52 Å². The maximum Gasteiger partial charge on any atom is 0.317 e. The van der Waals surface area contributed by atoms with Gasteiger partial charge in [0.15, 0.2) is 0 Å². The van der Waals surface area contributed by atoms with Gasteiger partial charge in [-0.1, -0.05) is 22.9 Å². The molecule has 20 heavy (non-hydrogen) atoms. The summed E-state index contributed by atoms with van der Waals surface area (Å²) in [6.45, 7) is 4.77. The number of rotatable bonds is 6. The minimum Gasteiger partial charge on any atom is -0.480 e. The van der Waals surface area contributed by atoms with Gasteiger partial charge in [0.05, 0.1) is 12.6 Å². The Morgan fingerprint density at radius 3 is 2.85 bits per heavy atom. The van der Waals surface area contributed by atoms with E-state index in [1.165, 1.54) is 0 Å². The van der Waals surface area contributed by atoms with Crippen LogP contribution in [0.3, 0.4) is 0 Å². The van der Waals surface area contributed by atoms with Crippen molar-refractivity contribution in [3.8, 4) is 0 Å². The Kier molecular flexibility index (Phi) is 4.83. The highest BCUT2D eigenvalue weighted by Crippen LogP contribution is 2.29. The van der Waals surface area contributed by atoms with Gasteiger partial charge in [0.1, 0.15) is 11.3 Å². The normalized spacial score (nSPS) is 13.0. The highest BCUT2D eigenvalue weighted by molar-refractivity contribution is 9.10. The molecule has 1 aromatic heterocycles. The van der Waals surface area contributed by atoms with E-state index in [1.807, 2.05) is 43.0 Å². The molecule has 0 bridgehead atoms. The fourth-order valence-electron chi connectivity index (χ4n) is 2.29. The zero-order valence-corrected chi connectivity index (χ0v) is 13.2. The van der Waals surface area contributed by atoms with Crippen LogP contribution in [0.5, 0.6) is 0 Å². The molecule has 2 aromatic rings. The van der Waals surface area contributed by atoms with E-state index in [0.717, 1.165) is 34.2 Å². The topological polar surface area (TPSA) is 53.7 Å². The summed E-state index contributed by atoms with van der Waals surface area (Å²) in [5.74, 6) is -0.0167. The van der Waals surface area contributed by atoms with E-state index < -0.39 is 5.97 Å². The number of furan rings is 1. The lowest BCUT2D eigenvalue weighted by atomic mass is 10.2. The minimum absolute atomic E-state index is 0.0236. The minimum atomic E-state index is -0.816. The fourth-order valence-corrected chi connectivity index (χ4v) is 2.67. The van der Waals surface area contributed by atoms with E-state index in [-0.39, 0.29) is 12.6 Å². The Balaban J connectivity index is 2.27. The van der Waals surface area contributed by atoms with Gasteiger partial charge in [-0.25, -0.2) is 0 Å². The van der Waals surface area contributed by atoms with Crippen molar-refractivity contribution in [3.05, 3.63) is 34.5 Å². The fraction of sp³-hybridized carbons (Fsp3) is 0.400. The molecule has 0 fully saturated rings. The van der Waals surface area contributed by atoms with E-state index in [2.05, 4.69) is 15.9 Å². The maximum absolute atomic E-state index is 11.0. The van der Waals surface area contributed by atoms with Gasteiger partial charge in [0.25, 0.3) is 0 Å². The second kappa shape index (κ2) is 6.41. The van der Waals surface area contributed by atoms with Crippen molar-refractivity contribution >= 4 is 32.9 Å². The Morgan fingerprint density at radius 2 is 2.20 bits per heavy atom. The molecule has 0 aliphatic carbocycles. The summed E-state index contributed by atoms with van der Waals surface area (Å²) in [4.78, 5) is 12.9. The SMILES string of the molecule is CCCN(CC(=O)O)C(C)c1cc2cc(Br)ccc2o1. The van der Waals surface area contributed by atoms with Gasteiger partial charge in [-0.15, -0.1) is 0 Å². The maximum atomic E-state index is 11.0. The van der Waals surface area contributed by atoms with Crippen molar-refractivity contribution in [2.75, 3.05) is 13.1 Å². The Hall–Kier alpha value is -1.33. The van der Waals surface area contributed by atoms with Crippen LogP contribution in [0.25, 0.3) is 11.0 Å². The molecule has 4 nitrogen and oxygen atoms in total. The van der Waals surface area contributed by atoms with E-state index in [1.54, 1.807) is 0 Å². The summed E-state index contributed by atoms with van der Waals surface area (Å²) in [5.41, 5.74) is 0.821. The molecule has 108 valence electrons. The van der Waals surface area contributed by atoms with Gasteiger partial charge in [0, 0.05) is 9.86 Å². The number of carbonyl (C=O) groups is 1. The number of hydrogen-bond acceptors (Lipinski definition) is 3. The molecule has 0 saturated carbocycles. The number of carboxylic acids is 1. The van der Waals surface area contributed by atoms with Crippen molar-refractivity contribution in [1.29, 1.82) is 0 Å². The molecule has 1 aromatic carbocycles. The summed E-state index contributed by atoms with van der Waals surface area (Å²) in [6, 6.07) is 7.77. The van der Waals surface area contributed by atoms with Crippen LogP contribution in [0.2, 0.25) is 0 Å². The van der Waals surface area contributed by atoms with Crippen LogP contribution in [0.1, 0.15) is 32.1 Å². The molecular formula is C15H18BrNO3. The number of halogens is 1. The first-order chi connectivity index (χ1) is 9.51. The van der Waals surface area contributed by atoms with Gasteiger partial charge >= 0.3 is 5.97 Å². The second-order valence-corrected chi connectivity index (χ2v) is 5.79. The van der Waals surface area contributed by atoms with Crippen LogP contribution in [0.4, 0.5) is 0 Å². The van der Waals surface area contributed by atoms with Crippen LogP contribution < -0.4 is 0 Å². The average molecular weight is 340 g/mol. The number of hydrogen-bond donors (Lipinski definition) is 1. The summed E-state index contributed by atoms with van der Waals surface area (Å²) in [7, 11) is 0. The zero-order valence-electron chi connectivity index (χ0n) is 11.6. The third kappa shape index (κ3) is 3.41. The molecule has 1 N–H and O–H groups in total. The lowest BCUT2D eigenvalue weighted by Gasteiger charge is -2.25. The zero-order chi connectivity index (χ0) is 14.7. The molecule has 1 unspecified atom stereocenters. The molecule has 5 heteroatoms. The largest absolute Gasteiger partial charge is 0.480 e. The smallest absolute Gasteiger partial charge is 0.317 e. The standard InChI is InChI=1S/C15H18BrNO3/c1-3-6-17(9-15(18)19)10(2)14-8-11-7-12(16)4-5-13(11)20-14/h4-5,7-8,10H,3,6,9H2,1-2H3,(H,18,19). The monoisotopic (exact) mass is 339 g/mol. The quantitative estimate of drug-likeness (QED) is 0.862. The number of carboxylic acid groups (broad SMARTS) is 1. The van der Waals surface area contributed by atoms with Crippen LogP contribution in [-0.2, 0) is 4.79 Å². The van der Waals surface area contributed by atoms with E-state index >= 15 is 0 Å². The van der Waals surface area contributed by atoms with Crippen LogP contribution >= 0.6 is 15.9 Å². The van der Waals surface area contributed by atoms with Gasteiger partial charge in [0.2, 0.25) is 0 Å². The van der Waals surface area contributed by atoms with Crippen molar-refractivity contribution in [2.24, 2.45) is 0 Å². The number of aliphatic carboxylic acids is 1. The van der Waals surface area contributed by atoms with Crippen LogP contribution in [-0.4, -0.2) is 29.1 Å². The molecule has 0 aliphatic rings. The van der Waals surface area contributed by atoms with E-state index in [4.69, 9.17) is 9.52 Å². The Bertz CT molecular complexity index is 608. The highest BCUT2D eigenvalue weighted by atomic mass is 79.9. The molecule has 0 saturated heterocycles. The molecule has 0 amide bonds. The van der Waals surface area contributed by atoms with Crippen molar-refractivity contribution in [3.63, 3.8) is 0 Å². The van der Waals surface area contributed by atoms with Crippen molar-refractivity contribution in [2.45, 2.75) is 26.3 Å². The molecule has 2 rings (SSSR count). The summed E-state index contributed by atoms with van der Waals surface area (Å²) < 4.78 is 6.84. The third-order valence-electron chi connectivity index (χ3n) is 3.31. The van der Waals surface area contributed by atoms with Crippen LogP contribution in [0.15, 0.2) is 33.2 Å². The summed E-state index contributed by atoms with van der Waals surface area (Å²) >= 11 is 3.44. The summed E-state index contributed by atoms with van der Waals surface area (Å²) in [5, 5.41) is 10.0.